The number of ketones is 1. The molecule has 4 heteroatoms. The first-order chi connectivity index (χ1) is 6.04. The summed E-state index contributed by atoms with van der Waals surface area (Å²) in [5.74, 6) is -0.803. The number of carbonyl (C=O) groups is 2. The lowest BCUT2D eigenvalue weighted by atomic mass is 10.1. The molecule has 0 aliphatic rings. The predicted molar refractivity (Wildman–Crippen MR) is 53.8 cm³/mol. The third-order valence-corrected chi connectivity index (χ3v) is 1.83. The molecule has 0 aromatic heterocycles. The van der Waals surface area contributed by atoms with E-state index in [1.807, 2.05) is 0 Å². The number of allylic oxidation sites excluding steroid dienone is 1. The molecule has 0 spiro atoms. The Morgan fingerprint density at radius 1 is 1.54 bits per heavy atom. The lowest BCUT2D eigenvalue weighted by molar-refractivity contribution is -0.139. The highest BCUT2D eigenvalue weighted by molar-refractivity contribution is 9.10. The van der Waals surface area contributed by atoms with E-state index in [1.54, 1.807) is 20.8 Å². The SMILES string of the molecule is C/C=C(\C(=O)OCC)C(=O)C(C)Br. The maximum absolute atomic E-state index is 11.4. The van der Waals surface area contributed by atoms with Crippen LogP contribution in [0.15, 0.2) is 11.6 Å². The fraction of sp³-hybridized carbons (Fsp3) is 0.556. The minimum Gasteiger partial charge on any atom is -0.462 e. The van der Waals surface area contributed by atoms with Crippen molar-refractivity contribution in [3.63, 3.8) is 0 Å². The van der Waals surface area contributed by atoms with E-state index < -0.39 is 5.97 Å². The van der Waals surface area contributed by atoms with E-state index in [0.29, 0.717) is 0 Å². The number of alkyl halides is 1. The fourth-order valence-electron chi connectivity index (χ4n) is 0.784. The summed E-state index contributed by atoms with van der Waals surface area (Å²) in [7, 11) is 0. The molecule has 1 atom stereocenters. The van der Waals surface area contributed by atoms with Crippen molar-refractivity contribution in [3.8, 4) is 0 Å². The van der Waals surface area contributed by atoms with Gasteiger partial charge in [-0.1, -0.05) is 22.0 Å². The second-order valence-electron chi connectivity index (χ2n) is 2.40. The standard InChI is InChI=1S/C9H13BrO3/c1-4-7(8(11)6(3)10)9(12)13-5-2/h4,6H,5H2,1-3H3/b7-4-. The summed E-state index contributed by atoms with van der Waals surface area (Å²) >= 11 is 3.10. The average Bonchev–Trinajstić information content (AvgIpc) is 2.05. The molecule has 0 heterocycles. The maximum Gasteiger partial charge on any atom is 0.341 e. The zero-order valence-corrected chi connectivity index (χ0v) is 9.55. The molecular formula is C9H13BrO3. The van der Waals surface area contributed by atoms with Crippen molar-refractivity contribution in [2.24, 2.45) is 0 Å². The van der Waals surface area contributed by atoms with Crippen molar-refractivity contribution in [2.45, 2.75) is 25.6 Å². The molecule has 0 bridgehead atoms. The van der Waals surface area contributed by atoms with Crippen LogP contribution in [0.5, 0.6) is 0 Å². The van der Waals surface area contributed by atoms with Crippen molar-refractivity contribution in [2.75, 3.05) is 6.61 Å². The van der Waals surface area contributed by atoms with Gasteiger partial charge in [-0.15, -0.1) is 0 Å². The maximum atomic E-state index is 11.4. The van der Waals surface area contributed by atoms with Gasteiger partial charge in [0.15, 0.2) is 5.78 Å². The van der Waals surface area contributed by atoms with Crippen LogP contribution in [0.1, 0.15) is 20.8 Å². The van der Waals surface area contributed by atoms with Crippen molar-refractivity contribution < 1.29 is 14.3 Å². The van der Waals surface area contributed by atoms with Crippen LogP contribution in [-0.4, -0.2) is 23.2 Å². The molecule has 0 amide bonds. The van der Waals surface area contributed by atoms with Gasteiger partial charge in [0.05, 0.1) is 17.0 Å². The van der Waals surface area contributed by atoms with Crippen LogP contribution in [0, 0.1) is 0 Å². The molecule has 0 aromatic rings. The normalized spacial score (nSPS) is 13.7. The lowest BCUT2D eigenvalue weighted by Gasteiger charge is -2.06. The Hall–Kier alpha value is -0.640. The van der Waals surface area contributed by atoms with Gasteiger partial charge in [0.25, 0.3) is 0 Å². The van der Waals surface area contributed by atoms with Crippen LogP contribution < -0.4 is 0 Å². The molecule has 0 aromatic carbocycles. The molecule has 0 aliphatic heterocycles. The molecule has 0 saturated heterocycles. The number of ether oxygens (including phenoxy) is 1. The third kappa shape index (κ3) is 3.72. The zero-order chi connectivity index (χ0) is 10.4. The Balaban J connectivity index is 4.54. The molecule has 1 unspecified atom stereocenters. The quantitative estimate of drug-likeness (QED) is 0.251. The van der Waals surface area contributed by atoms with E-state index >= 15 is 0 Å². The number of hydrogen-bond acceptors (Lipinski definition) is 3. The first-order valence-electron chi connectivity index (χ1n) is 4.06. The van der Waals surface area contributed by atoms with Crippen molar-refractivity contribution >= 4 is 27.7 Å². The molecule has 13 heavy (non-hydrogen) atoms. The monoisotopic (exact) mass is 248 g/mol. The van der Waals surface area contributed by atoms with Gasteiger partial charge in [0.2, 0.25) is 0 Å². The summed E-state index contributed by atoms with van der Waals surface area (Å²) in [6, 6.07) is 0. The van der Waals surface area contributed by atoms with Gasteiger partial charge < -0.3 is 4.74 Å². The van der Waals surface area contributed by atoms with Crippen LogP contribution in [0.3, 0.4) is 0 Å². The van der Waals surface area contributed by atoms with Gasteiger partial charge in [0.1, 0.15) is 0 Å². The van der Waals surface area contributed by atoms with E-state index in [2.05, 4.69) is 15.9 Å². The summed E-state index contributed by atoms with van der Waals surface area (Å²) in [6.45, 7) is 5.29. The highest BCUT2D eigenvalue weighted by Crippen LogP contribution is 2.09. The smallest absolute Gasteiger partial charge is 0.341 e. The van der Waals surface area contributed by atoms with Gasteiger partial charge in [-0.25, -0.2) is 4.79 Å². The van der Waals surface area contributed by atoms with Crippen molar-refractivity contribution in [1.29, 1.82) is 0 Å². The minimum atomic E-state index is -0.554. The fourth-order valence-corrected chi connectivity index (χ4v) is 1.03. The van der Waals surface area contributed by atoms with E-state index in [1.165, 1.54) is 6.08 Å². The Kier molecular flexibility index (Phi) is 5.62. The Labute approximate surface area is 86.3 Å². The first-order valence-corrected chi connectivity index (χ1v) is 4.97. The van der Waals surface area contributed by atoms with Gasteiger partial charge in [0, 0.05) is 0 Å². The van der Waals surface area contributed by atoms with E-state index in [0.717, 1.165) is 0 Å². The van der Waals surface area contributed by atoms with Crippen LogP contribution in [-0.2, 0) is 14.3 Å². The summed E-state index contributed by atoms with van der Waals surface area (Å²) in [6.07, 6.45) is 1.47. The first kappa shape index (κ1) is 12.4. The molecule has 3 nitrogen and oxygen atoms in total. The van der Waals surface area contributed by atoms with E-state index in [4.69, 9.17) is 4.74 Å². The second kappa shape index (κ2) is 5.91. The van der Waals surface area contributed by atoms with Gasteiger partial charge in [-0.2, -0.15) is 0 Å². The summed E-state index contributed by atoms with van der Waals surface area (Å²) in [5.41, 5.74) is 0.103. The summed E-state index contributed by atoms with van der Waals surface area (Å²) in [4.78, 5) is 22.2. The lowest BCUT2D eigenvalue weighted by Crippen LogP contribution is -2.21. The highest BCUT2D eigenvalue weighted by atomic mass is 79.9. The molecule has 0 saturated carbocycles. The van der Waals surface area contributed by atoms with Gasteiger partial charge in [-0.3, -0.25) is 4.79 Å². The molecule has 74 valence electrons. The summed E-state index contributed by atoms with van der Waals surface area (Å²) < 4.78 is 4.72. The minimum absolute atomic E-state index is 0.103. The number of Topliss-reactive ketones (excluding diaryl/α,β-unsaturated/α-hetero) is 1. The predicted octanol–water partition coefficient (Wildman–Crippen LogP) is 1.85. The Morgan fingerprint density at radius 2 is 2.08 bits per heavy atom. The van der Waals surface area contributed by atoms with Crippen LogP contribution in [0.2, 0.25) is 0 Å². The molecule has 0 rings (SSSR count). The molecule has 0 fully saturated rings. The summed E-state index contributed by atoms with van der Waals surface area (Å²) in [5, 5.41) is 0. The molecule has 0 aliphatic carbocycles. The van der Waals surface area contributed by atoms with Crippen LogP contribution >= 0.6 is 15.9 Å². The Morgan fingerprint density at radius 3 is 2.38 bits per heavy atom. The number of esters is 1. The highest BCUT2D eigenvalue weighted by Gasteiger charge is 2.21. The zero-order valence-electron chi connectivity index (χ0n) is 7.96. The van der Waals surface area contributed by atoms with E-state index in [-0.39, 0.29) is 22.8 Å². The molecular weight excluding hydrogens is 236 g/mol. The number of carbonyl (C=O) groups excluding carboxylic acids is 2. The largest absolute Gasteiger partial charge is 0.462 e. The number of halogens is 1. The van der Waals surface area contributed by atoms with E-state index in [9.17, 15) is 9.59 Å². The molecule has 0 N–H and O–H groups in total. The van der Waals surface area contributed by atoms with Crippen molar-refractivity contribution in [3.05, 3.63) is 11.6 Å². The molecule has 0 radical (unpaired) electrons. The van der Waals surface area contributed by atoms with Gasteiger partial charge in [-0.05, 0) is 20.8 Å². The average molecular weight is 249 g/mol. The van der Waals surface area contributed by atoms with Crippen LogP contribution in [0.25, 0.3) is 0 Å². The van der Waals surface area contributed by atoms with Gasteiger partial charge >= 0.3 is 5.97 Å². The van der Waals surface area contributed by atoms with Crippen LogP contribution in [0.4, 0.5) is 0 Å². The second-order valence-corrected chi connectivity index (χ2v) is 3.78. The third-order valence-electron chi connectivity index (χ3n) is 1.41. The number of rotatable bonds is 4. The Bertz CT molecular complexity index is 231. The van der Waals surface area contributed by atoms with Crippen molar-refractivity contribution in [1.82, 2.24) is 0 Å². The topological polar surface area (TPSA) is 43.4 Å². The number of hydrogen-bond donors (Lipinski definition) is 0.